The number of ketones is 1. The van der Waals surface area contributed by atoms with Gasteiger partial charge in [-0.2, -0.15) is 0 Å². The highest BCUT2D eigenvalue weighted by molar-refractivity contribution is 7.07. The van der Waals surface area contributed by atoms with Crippen LogP contribution in [0, 0.1) is 5.92 Å². The van der Waals surface area contributed by atoms with Gasteiger partial charge in [0.05, 0.1) is 10.6 Å². The van der Waals surface area contributed by atoms with Crippen LogP contribution in [0.1, 0.15) is 56.3 Å². The minimum atomic E-state index is -1.03. The summed E-state index contributed by atoms with van der Waals surface area (Å²) in [6.07, 6.45) is 1.90. The summed E-state index contributed by atoms with van der Waals surface area (Å²) in [5.41, 5.74) is 1.93. The van der Waals surface area contributed by atoms with Crippen molar-refractivity contribution in [2.45, 2.75) is 45.4 Å². The Morgan fingerprint density at radius 2 is 1.90 bits per heavy atom. The predicted molar refractivity (Wildman–Crippen MR) is 121 cm³/mol. The van der Waals surface area contributed by atoms with Gasteiger partial charge in [-0.15, -0.1) is 0 Å². The van der Waals surface area contributed by atoms with Crippen molar-refractivity contribution in [2.75, 3.05) is 0 Å². The summed E-state index contributed by atoms with van der Waals surface area (Å²) in [5.74, 6) is 0.538. The second-order valence-corrected chi connectivity index (χ2v) is 9.74. The van der Waals surface area contributed by atoms with Crippen molar-refractivity contribution in [3.05, 3.63) is 84.9 Å². The molecule has 5 rings (SSSR count). The average Bonchev–Trinajstić information content (AvgIpc) is 3.01. The second kappa shape index (κ2) is 7.02. The number of hydrogen-bond acceptors (Lipinski definition) is 5. The maximum absolute atomic E-state index is 13.5. The van der Waals surface area contributed by atoms with Gasteiger partial charge in [-0.3, -0.25) is 14.2 Å². The van der Waals surface area contributed by atoms with Crippen LogP contribution in [-0.2, 0) is 4.79 Å². The first-order valence-electron chi connectivity index (χ1n) is 10.5. The molecule has 2 bridgehead atoms. The Kier molecular flexibility index (Phi) is 4.52. The van der Waals surface area contributed by atoms with Crippen molar-refractivity contribution < 1.29 is 9.53 Å². The maximum atomic E-state index is 13.5. The normalized spacial score (nSPS) is 24.2. The lowest BCUT2D eigenvalue weighted by Crippen LogP contribution is -2.58. The number of hydrogen-bond donors (Lipinski definition) is 0. The van der Waals surface area contributed by atoms with Crippen LogP contribution in [0.2, 0.25) is 0 Å². The number of Topliss-reactive ketones (excluding diaryl/α,β-unsaturated/α-hetero) is 1. The van der Waals surface area contributed by atoms with Gasteiger partial charge < -0.3 is 4.74 Å². The van der Waals surface area contributed by atoms with Crippen molar-refractivity contribution >= 4 is 23.2 Å². The van der Waals surface area contributed by atoms with Gasteiger partial charge in [0, 0.05) is 5.56 Å². The number of thiazole rings is 1. The topological polar surface area (TPSA) is 60.7 Å². The van der Waals surface area contributed by atoms with Crippen molar-refractivity contribution in [1.82, 2.24) is 4.57 Å². The Hall–Kier alpha value is -2.99. The van der Waals surface area contributed by atoms with Gasteiger partial charge in [0.1, 0.15) is 17.5 Å². The molecule has 0 aliphatic carbocycles. The molecular formula is C25H24N2O3S. The number of para-hydroxylation sites is 1. The highest BCUT2D eigenvalue weighted by Gasteiger charge is 2.53. The van der Waals surface area contributed by atoms with Gasteiger partial charge in [0.15, 0.2) is 4.80 Å². The smallest absolute Gasteiger partial charge is 0.270 e. The summed E-state index contributed by atoms with van der Waals surface area (Å²) in [6, 6.07) is 15.4. The van der Waals surface area contributed by atoms with E-state index in [2.05, 4.69) is 26.0 Å². The number of fused-ring (bicyclic) bond motifs is 6. The van der Waals surface area contributed by atoms with Crippen LogP contribution in [0.25, 0.3) is 6.08 Å². The molecule has 0 N–H and O–H groups in total. The molecule has 2 aliphatic heterocycles. The number of rotatable bonds is 3. The molecule has 0 fully saturated rings. The zero-order chi connectivity index (χ0) is 21.9. The maximum Gasteiger partial charge on any atom is 0.270 e. The number of carbonyl (C=O) groups excluding carboxylic acids is 1. The van der Waals surface area contributed by atoms with Crippen LogP contribution in [0.3, 0.4) is 0 Å². The fraction of sp³-hybridized carbons (Fsp3) is 0.320. The van der Waals surface area contributed by atoms with E-state index in [-0.39, 0.29) is 11.3 Å². The van der Waals surface area contributed by atoms with Crippen LogP contribution in [0.15, 0.2) is 58.3 Å². The van der Waals surface area contributed by atoms with Gasteiger partial charge in [-0.1, -0.05) is 67.6 Å². The van der Waals surface area contributed by atoms with Gasteiger partial charge in [0.25, 0.3) is 5.56 Å². The minimum absolute atomic E-state index is 0.0377. The summed E-state index contributed by atoms with van der Waals surface area (Å²) in [7, 11) is 0. The number of nitrogens with zero attached hydrogens (tertiary/aromatic N) is 2. The fourth-order valence-electron chi connectivity index (χ4n) is 4.68. The lowest BCUT2D eigenvalue weighted by molar-refractivity contribution is -0.132. The Bertz CT molecular complexity index is 1370. The summed E-state index contributed by atoms with van der Waals surface area (Å²) < 4.78 is 8.51. The summed E-state index contributed by atoms with van der Waals surface area (Å²) in [6.45, 7) is 7.70. The zero-order valence-corrected chi connectivity index (χ0v) is 18.8. The molecule has 158 valence electrons. The summed E-state index contributed by atoms with van der Waals surface area (Å²) >= 11 is 1.35. The molecule has 0 saturated heterocycles. The van der Waals surface area contributed by atoms with Crippen molar-refractivity contribution in [3.8, 4) is 5.75 Å². The lowest BCUT2D eigenvalue weighted by atomic mass is 9.79. The van der Waals surface area contributed by atoms with Crippen LogP contribution in [0.4, 0.5) is 0 Å². The van der Waals surface area contributed by atoms with Gasteiger partial charge in [-0.05, 0) is 43.0 Å². The van der Waals surface area contributed by atoms with E-state index in [1.807, 2.05) is 49.4 Å². The van der Waals surface area contributed by atoms with Crippen LogP contribution >= 0.6 is 11.3 Å². The quantitative estimate of drug-likeness (QED) is 0.637. The van der Waals surface area contributed by atoms with Crippen LogP contribution < -0.4 is 19.6 Å². The lowest BCUT2D eigenvalue weighted by Gasteiger charge is -2.45. The molecule has 3 aromatic rings. The molecule has 1 aromatic heterocycles. The third-order valence-corrected chi connectivity index (χ3v) is 7.20. The van der Waals surface area contributed by atoms with E-state index < -0.39 is 17.7 Å². The molecule has 3 heterocycles. The summed E-state index contributed by atoms with van der Waals surface area (Å²) in [5, 5.41) is 0. The number of carbonyl (C=O) groups is 1. The fourth-order valence-corrected chi connectivity index (χ4v) is 5.78. The van der Waals surface area contributed by atoms with Crippen LogP contribution in [0.5, 0.6) is 5.75 Å². The molecule has 2 aliphatic rings. The first-order valence-corrected chi connectivity index (χ1v) is 11.3. The van der Waals surface area contributed by atoms with E-state index in [0.29, 0.717) is 21.0 Å². The van der Waals surface area contributed by atoms with Crippen molar-refractivity contribution in [3.63, 3.8) is 0 Å². The van der Waals surface area contributed by atoms with Gasteiger partial charge in [-0.25, -0.2) is 4.99 Å². The van der Waals surface area contributed by atoms with Crippen molar-refractivity contribution in [1.29, 1.82) is 0 Å². The molecule has 0 spiro atoms. The zero-order valence-electron chi connectivity index (χ0n) is 18.0. The molecular weight excluding hydrogens is 408 g/mol. The first kappa shape index (κ1) is 19.9. The molecule has 31 heavy (non-hydrogen) atoms. The predicted octanol–water partition coefficient (Wildman–Crippen LogP) is 3.40. The third-order valence-electron chi connectivity index (χ3n) is 6.22. The molecule has 0 radical (unpaired) electrons. The monoisotopic (exact) mass is 432 g/mol. The SMILES string of the molecule is CC(=O)C1C2c3ccccc3OC1(C)N=c1sc(=Cc3ccc(C(C)C)cc3)c(=O)n12. The van der Waals surface area contributed by atoms with E-state index >= 15 is 0 Å². The Morgan fingerprint density at radius 1 is 1.19 bits per heavy atom. The molecule has 5 nitrogen and oxygen atoms in total. The van der Waals surface area contributed by atoms with Gasteiger partial charge >= 0.3 is 0 Å². The third kappa shape index (κ3) is 3.08. The molecule has 0 amide bonds. The standard InChI is InChI=1S/C25H24N2O3S/c1-14(2)17-11-9-16(10-12-17)13-20-23(29)27-22-18-7-5-6-8-19(18)30-25(4,21(22)15(3)28)26-24(27)31-20/h5-14,21-22H,1-4H3. The largest absolute Gasteiger partial charge is 0.465 e. The molecule has 3 atom stereocenters. The highest BCUT2D eigenvalue weighted by atomic mass is 32.1. The second-order valence-electron chi connectivity index (χ2n) is 8.73. The average molecular weight is 433 g/mol. The van der Waals surface area contributed by atoms with E-state index in [4.69, 9.17) is 9.73 Å². The van der Waals surface area contributed by atoms with Crippen LogP contribution in [-0.4, -0.2) is 16.1 Å². The number of benzene rings is 2. The molecule has 0 saturated carbocycles. The highest BCUT2D eigenvalue weighted by Crippen LogP contribution is 2.47. The molecule has 6 heteroatoms. The van der Waals surface area contributed by atoms with E-state index in [0.717, 1.165) is 11.1 Å². The molecule has 2 aromatic carbocycles. The number of aromatic nitrogens is 1. The summed E-state index contributed by atoms with van der Waals surface area (Å²) in [4.78, 5) is 31.5. The Balaban J connectivity index is 1.73. The van der Waals surface area contributed by atoms with E-state index in [9.17, 15) is 9.59 Å². The van der Waals surface area contributed by atoms with Crippen molar-refractivity contribution in [2.24, 2.45) is 10.9 Å². The Morgan fingerprint density at radius 3 is 2.58 bits per heavy atom. The first-order chi connectivity index (χ1) is 14.8. The Labute approximate surface area is 184 Å². The van der Waals surface area contributed by atoms with E-state index in [1.165, 1.54) is 16.9 Å². The number of ether oxygens (including phenoxy) is 1. The minimum Gasteiger partial charge on any atom is -0.465 e. The van der Waals surface area contributed by atoms with E-state index in [1.54, 1.807) is 11.5 Å². The van der Waals surface area contributed by atoms with Gasteiger partial charge in [0.2, 0.25) is 5.72 Å². The molecule has 3 unspecified atom stereocenters.